The maximum atomic E-state index is 12.0. The normalized spacial score (nSPS) is 32.3. The molecule has 2 atom stereocenters. The molecule has 1 aromatic carbocycles. The molecule has 0 bridgehead atoms. The van der Waals surface area contributed by atoms with Crippen molar-refractivity contribution < 1.29 is 4.79 Å². The minimum Gasteiger partial charge on any atom is -0.297 e. The fraction of sp³-hybridized carbons (Fsp3) is 0.500. The molecular weight excluding hydrogens is 230 g/mol. The van der Waals surface area contributed by atoms with Gasteiger partial charge in [0, 0.05) is 29.7 Å². The zero-order valence-corrected chi connectivity index (χ0v) is 11.3. The number of nitrogens with zero attached hydrogens (tertiary/aromatic N) is 1. The molecule has 0 spiro atoms. The summed E-state index contributed by atoms with van der Waals surface area (Å²) in [4.78, 5) is 14.0. The molecule has 1 saturated heterocycles. The average molecular weight is 247 g/mol. The number of para-hydroxylation sites is 1. The monoisotopic (exact) mass is 247 g/mol. The van der Waals surface area contributed by atoms with E-state index in [0.29, 0.717) is 5.92 Å². The summed E-state index contributed by atoms with van der Waals surface area (Å²) in [6.45, 7) is 6.22. The van der Waals surface area contributed by atoms with E-state index in [9.17, 15) is 4.79 Å². The van der Waals surface area contributed by atoms with E-state index in [-0.39, 0.29) is 16.2 Å². The molecule has 1 heterocycles. The van der Waals surface area contributed by atoms with Crippen LogP contribution in [0.5, 0.6) is 0 Å². The van der Waals surface area contributed by atoms with Gasteiger partial charge in [-0.25, -0.2) is 0 Å². The molecule has 17 heavy (non-hydrogen) atoms. The van der Waals surface area contributed by atoms with Crippen LogP contribution in [0, 0.1) is 11.3 Å². The van der Waals surface area contributed by atoms with Crippen LogP contribution in [-0.2, 0) is 4.79 Å². The Morgan fingerprint density at radius 2 is 2.00 bits per heavy atom. The van der Waals surface area contributed by atoms with Crippen LogP contribution in [0.2, 0.25) is 0 Å². The van der Waals surface area contributed by atoms with Crippen molar-refractivity contribution in [3.8, 4) is 0 Å². The van der Waals surface area contributed by atoms with Crippen molar-refractivity contribution in [2.45, 2.75) is 25.6 Å². The first-order valence-electron chi connectivity index (χ1n) is 6.01. The molecule has 3 heteroatoms. The Hall–Kier alpha value is -0.960. The molecule has 2 aliphatic rings. The number of benzene rings is 1. The Morgan fingerprint density at radius 3 is 2.35 bits per heavy atom. The van der Waals surface area contributed by atoms with E-state index in [1.807, 2.05) is 47.0 Å². The number of hydrogen-bond donors (Lipinski definition) is 0. The lowest BCUT2D eigenvalue weighted by Gasteiger charge is -2.38. The van der Waals surface area contributed by atoms with Gasteiger partial charge in [-0.1, -0.05) is 32.0 Å². The quantitative estimate of drug-likeness (QED) is 0.800. The summed E-state index contributed by atoms with van der Waals surface area (Å²) in [5, 5.41) is 0. The van der Waals surface area contributed by atoms with Crippen molar-refractivity contribution in [1.29, 1.82) is 0 Å². The molecule has 0 radical (unpaired) electrons. The smallest absolute Gasteiger partial charge is 0.225 e. The maximum absolute atomic E-state index is 12.0. The van der Waals surface area contributed by atoms with Gasteiger partial charge in [0.05, 0.1) is 0 Å². The fourth-order valence-corrected chi connectivity index (χ4v) is 5.39. The largest absolute Gasteiger partial charge is 0.297 e. The van der Waals surface area contributed by atoms with Gasteiger partial charge in [0.25, 0.3) is 0 Å². The minimum absolute atomic E-state index is 0.0280. The van der Waals surface area contributed by atoms with Crippen molar-refractivity contribution in [1.82, 2.24) is 0 Å². The van der Waals surface area contributed by atoms with Crippen molar-refractivity contribution >= 4 is 23.4 Å². The number of anilines is 1. The SMILES string of the molecule is CC(=O)N(c1ccccc1)C12SCC1C2(C)C. The average Bonchev–Trinajstić information content (AvgIpc) is 2.55. The number of fused-ring (bicyclic) bond motifs is 1. The summed E-state index contributed by atoms with van der Waals surface area (Å²) in [5.74, 6) is 1.99. The Labute approximate surface area is 106 Å². The molecule has 2 fully saturated rings. The molecular formula is C14H17NOS. The summed E-state index contributed by atoms with van der Waals surface area (Å²) < 4.78 is 0. The first-order valence-corrected chi connectivity index (χ1v) is 7.00. The summed E-state index contributed by atoms with van der Waals surface area (Å²) in [7, 11) is 0. The third-order valence-electron chi connectivity index (χ3n) is 4.31. The van der Waals surface area contributed by atoms with E-state index in [4.69, 9.17) is 0 Å². The van der Waals surface area contributed by atoms with Crippen LogP contribution in [0.15, 0.2) is 30.3 Å². The number of thioether (sulfide) groups is 1. The zero-order valence-electron chi connectivity index (χ0n) is 10.4. The Bertz CT molecular complexity index is 470. The number of rotatable bonds is 2. The van der Waals surface area contributed by atoms with Gasteiger partial charge < -0.3 is 0 Å². The van der Waals surface area contributed by atoms with E-state index < -0.39 is 0 Å². The Kier molecular flexibility index (Phi) is 2.15. The van der Waals surface area contributed by atoms with Gasteiger partial charge in [0.15, 0.2) is 0 Å². The first kappa shape index (κ1) is 11.1. The molecule has 1 aromatic rings. The molecule has 0 N–H and O–H groups in total. The molecule has 90 valence electrons. The van der Waals surface area contributed by atoms with Gasteiger partial charge in [-0.3, -0.25) is 9.69 Å². The van der Waals surface area contributed by atoms with E-state index in [0.717, 1.165) is 5.69 Å². The second-order valence-corrected chi connectivity index (χ2v) is 6.72. The second-order valence-electron chi connectivity index (χ2n) is 5.47. The predicted octanol–water partition coefficient (Wildman–Crippen LogP) is 3.14. The van der Waals surface area contributed by atoms with Crippen LogP contribution >= 0.6 is 11.8 Å². The van der Waals surface area contributed by atoms with Crippen molar-refractivity contribution in [3.05, 3.63) is 30.3 Å². The lowest BCUT2D eigenvalue weighted by Crippen LogP contribution is -2.46. The predicted molar refractivity (Wildman–Crippen MR) is 72.1 cm³/mol. The first-order chi connectivity index (χ1) is 8.02. The number of carbonyl (C=O) groups excluding carboxylic acids is 1. The lowest BCUT2D eigenvalue weighted by molar-refractivity contribution is -0.117. The van der Waals surface area contributed by atoms with E-state index in [2.05, 4.69) is 13.8 Å². The number of hydrogen-bond acceptors (Lipinski definition) is 2. The number of carbonyl (C=O) groups is 1. The van der Waals surface area contributed by atoms with E-state index in [1.165, 1.54) is 5.75 Å². The van der Waals surface area contributed by atoms with Crippen molar-refractivity contribution in [3.63, 3.8) is 0 Å². The molecule has 1 aliphatic heterocycles. The standard InChI is InChI=1S/C14H17NOS/c1-10(16)15(11-7-5-4-6-8-11)14-12(9-17-14)13(14,2)3/h4-8,12H,9H2,1-3H3. The fourth-order valence-electron chi connectivity index (χ4n) is 3.22. The van der Waals surface area contributed by atoms with Crippen LogP contribution in [0.25, 0.3) is 0 Å². The van der Waals surface area contributed by atoms with Crippen LogP contribution in [-0.4, -0.2) is 16.5 Å². The van der Waals surface area contributed by atoms with Crippen LogP contribution in [0.1, 0.15) is 20.8 Å². The Balaban J connectivity index is 2.02. The number of amides is 1. The molecule has 3 rings (SSSR count). The molecule has 1 amide bonds. The second kappa shape index (κ2) is 3.29. The van der Waals surface area contributed by atoms with Gasteiger partial charge in [0.2, 0.25) is 5.91 Å². The minimum atomic E-state index is 0.0280. The highest BCUT2D eigenvalue weighted by Gasteiger charge is 2.81. The molecule has 1 saturated carbocycles. The van der Waals surface area contributed by atoms with Gasteiger partial charge in [-0.15, -0.1) is 11.8 Å². The van der Waals surface area contributed by atoms with Crippen molar-refractivity contribution in [2.75, 3.05) is 10.7 Å². The Morgan fingerprint density at radius 1 is 1.35 bits per heavy atom. The topological polar surface area (TPSA) is 20.3 Å². The third kappa shape index (κ3) is 1.21. The van der Waals surface area contributed by atoms with Gasteiger partial charge >= 0.3 is 0 Å². The molecule has 2 unspecified atom stereocenters. The van der Waals surface area contributed by atoms with Gasteiger partial charge in [-0.05, 0) is 12.1 Å². The van der Waals surface area contributed by atoms with Crippen molar-refractivity contribution in [2.24, 2.45) is 11.3 Å². The lowest BCUT2D eigenvalue weighted by atomic mass is 10.1. The van der Waals surface area contributed by atoms with E-state index >= 15 is 0 Å². The summed E-state index contributed by atoms with van der Waals surface area (Å²) in [6, 6.07) is 10.0. The summed E-state index contributed by atoms with van der Waals surface area (Å²) >= 11 is 1.93. The van der Waals surface area contributed by atoms with Crippen LogP contribution in [0.4, 0.5) is 5.69 Å². The van der Waals surface area contributed by atoms with Gasteiger partial charge in [-0.2, -0.15) is 0 Å². The van der Waals surface area contributed by atoms with Crippen LogP contribution in [0.3, 0.4) is 0 Å². The summed E-state index contributed by atoms with van der Waals surface area (Å²) in [6.07, 6.45) is 0. The highest BCUT2D eigenvalue weighted by atomic mass is 32.2. The summed E-state index contributed by atoms with van der Waals surface area (Å²) in [5.41, 5.74) is 1.28. The zero-order chi connectivity index (χ0) is 12.3. The van der Waals surface area contributed by atoms with Crippen LogP contribution < -0.4 is 4.90 Å². The van der Waals surface area contributed by atoms with Gasteiger partial charge in [0.1, 0.15) is 4.87 Å². The van der Waals surface area contributed by atoms with E-state index in [1.54, 1.807) is 6.92 Å². The molecule has 2 nitrogen and oxygen atoms in total. The molecule has 1 aliphatic carbocycles. The maximum Gasteiger partial charge on any atom is 0.225 e. The molecule has 0 aromatic heterocycles. The highest BCUT2D eigenvalue weighted by molar-refractivity contribution is 8.02. The highest BCUT2D eigenvalue weighted by Crippen LogP contribution is 2.79. The third-order valence-corrected chi connectivity index (χ3v) is 6.25.